The summed E-state index contributed by atoms with van der Waals surface area (Å²) in [5.74, 6) is 1.14. The molecule has 3 aromatic rings. The van der Waals surface area contributed by atoms with E-state index < -0.39 is 6.03 Å². The Morgan fingerprint density at radius 2 is 2.03 bits per heavy atom. The molecule has 1 saturated carbocycles. The molecule has 0 spiro atoms. The van der Waals surface area contributed by atoms with Crippen molar-refractivity contribution in [3.05, 3.63) is 54.0 Å². The number of hydrogen-bond donors (Lipinski definition) is 2. The summed E-state index contributed by atoms with van der Waals surface area (Å²) in [4.78, 5) is 24.3. The Balaban J connectivity index is 1.44. The summed E-state index contributed by atoms with van der Waals surface area (Å²) in [6.07, 6.45) is 5.78. The third kappa shape index (κ3) is 5.55. The fourth-order valence-corrected chi connectivity index (χ4v) is 4.42. The van der Waals surface area contributed by atoms with E-state index in [1.165, 1.54) is 11.8 Å². The number of rotatable bonds is 7. The van der Waals surface area contributed by atoms with Crippen LogP contribution < -0.4 is 10.6 Å². The number of carbonyl (C=O) groups excluding carboxylic acids is 2. The van der Waals surface area contributed by atoms with E-state index in [-0.39, 0.29) is 17.7 Å². The van der Waals surface area contributed by atoms with Crippen LogP contribution in [0.2, 0.25) is 0 Å². The first kappa shape index (κ1) is 21.2. The molecule has 0 radical (unpaired) electrons. The smallest absolute Gasteiger partial charge is 0.321 e. The number of amides is 3. The lowest BCUT2D eigenvalue weighted by Gasteiger charge is -2.12. The second-order valence-electron chi connectivity index (χ2n) is 7.63. The van der Waals surface area contributed by atoms with Gasteiger partial charge in [-0.05, 0) is 38.0 Å². The number of urea groups is 1. The molecule has 1 aromatic carbocycles. The predicted molar refractivity (Wildman–Crippen MR) is 118 cm³/mol. The van der Waals surface area contributed by atoms with E-state index in [2.05, 4.69) is 20.8 Å². The zero-order valence-corrected chi connectivity index (χ0v) is 18.2. The van der Waals surface area contributed by atoms with Gasteiger partial charge < -0.3 is 9.73 Å². The van der Waals surface area contributed by atoms with Crippen LogP contribution in [0.3, 0.4) is 0 Å². The molecule has 0 atom stereocenters. The summed E-state index contributed by atoms with van der Waals surface area (Å²) < 4.78 is 7.42. The second kappa shape index (κ2) is 9.82. The predicted octanol–water partition coefficient (Wildman–Crippen LogP) is 3.76. The summed E-state index contributed by atoms with van der Waals surface area (Å²) in [7, 11) is 0. The number of aromatic nitrogens is 3. The maximum Gasteiger partial charge on any atom is 0.321 e. The fourth-order valence-electron chi connectivity index (χ4n) is 3.68. The van der Waals surface area contributed by atoms with Crippen molar-refractivity contribution in [1.82, 2.24) is 25.4 Å². The highest BCUT2D eigenvalue weighted by Crippen LogP contribution is 2.26. The SMILES string of the molecule is Cc1cccc(-c2nnc(SCC(=O)NC(=O)NC3CCCC3)n2Cc2ccco2)c1. The van der Waals surface area contributed by atoms with Gasteiger partial charge in [-0.1, -0.05) is 48.4 Å². The molecule has 1 aliphatic carbocycles. The number of imide groups is 1. The normalized spacial score (nSPS) is 14.0. The van der Waals surface area contributed by atoms with Crippen LogP contribution in [0.25, 0.3) is 11.4 Å². The van der Waals surface area contributed by atoms with Crippen LogP contribution in [0.5, 0.6) is 0 Å². The zero-order valence-electron chi connectivity index (χ0n) is 17.3. The number of aryl methyl sites for hydroxylation is 1. The highest BCUT2D eigenvalue weighted by atomic mass is 32.2. The van der Waals surface area contributed by atoms with Crippen LogP contribution in [0.1, 0.15) is 37.0 Å². The maximum absolute atomic E-state index is 12.3. The minimum absolute atomic E-state index is 0.0577. The van der Waals surface area contributed by atoms with Gasteiger partial charge in [0.1, 0.15) is 5.76 Å². The molecule has 4 rings (SSSR count). The third-order valence-corrected chi connectivity index (χ3v) is 6.13. The fraction of sp³-hybridized carbons (Fsp3) is 0.364. The Hall–Kier alpha value is -3.07. The lowest BCUT2D eigenvalue weighted by Crippen LogP contribution is -2.44. The summed E-state index contributed by atoms with van der Waals surface area (Å²) in [5, 5.41) is 14.5. The number of carbonyl (C=O) groups is 2. The third-order valence-electron chi connectivity index (χ3n) is 5.16. The van der Waals surface area contributed by atoms with E-state index >= 15 is 0 Å². The van der Waals surface area contributed by atoms with Gasteiger partial charge >= 0.3 is 6.03 Å². The van der Waals surface area contributed by atoms with Crippen LogP contribution in [0.4, 0.5) is 4.79 Å². The molecule has 31 heavy (non-hydrogen) atoms. The summed E-state index contributed by atoms with van der Waals surface area (Å²) in [5.41, 5.74) is 2.05. The van der Waals surface area contributed by atoms with Gasteiger partial charge in [-0.2, -0.15) is 0 Å². The Kier molecular flexibility index (Phi) is 6.71. The molecule has 0 bridgehead atoms. The summed E-state index contributed by atoms with van der Waals surface area (Å²) >= 11 is 1.24. The standard InChI is InChI=1S/C22H25N5O3S/c1-15-6-4-7-16(12-15)20-25-26-22(27(20)13-18-10-5-11-30-18)31-14-19(28)24-21(29)23-17-8-2-3-9-17/h4-7,10-12,17H,2-3,8-9,13-14H2,1H3,(H2,23,24,28,29). The van der Waals surface area contributed by atoms with Crippen molar-refractivity contribution in [1.29, 1.82) is 0 Å². The van der Waals surface area contributed by atoms with Gasteiger partial charge in [-0.15, -0.1) is 10.2 Å². The topological polar surface area (TPSA) is 102 Å². The molecule has 8 nitrogen and oxygen atoms in total. The number of furan rings is 1. The first-order valence-electron chi connectivity index (χ1n) is 10.3. The van der Waals surface area contributed by atoms with Crippen molar-refractivity contribution in [2.45, 2.75) is 50.4 Å². The number of benzene rings is 1. The summed E-state index contributed by atoms with van der Waals surface area (Å²) in [6.45, 7) is 2.46. The van der Waals surface area contributed by atoms with E-state index in [0.29, 0.717) is 17.5 Å². The molecular weight excluding hydrogens is 414 g/mol. The van der Waals surface area contributed by atoms with Gasteiger partial charge in [0, 0.05) is 11.6 Å². The lowest BCUT2D eigenvalue weighted by molar-refractivity contribution is -0.117. The largest absolute Gasteiger partial charge is 0.467 e. The van der Waals surface area contributed by atoms with Crippen LogP contribution in [-0.2, 0) is 11.3 Å². The molecule has 162 valence electrons. The molecule has 0 aliphatic heterocycles. The Morgan fingerprint density at radius 3 is 2.77 bits per heavy atom. The number of nitrogens with zero attached hydrogens (tertiary/aromatic N) is 3. The maximum atomic E-state index is 12.3. The van der Waals surface area contributed by atoms with E-state index in [4.69, 9.17) is 4.42 Å². The van der Waals surface area contributed by atoms with Crippen molar-refractivity contribution in [2.75, 3.05) is 5.75 Å². The second-order valence-corrected chi connectivity index (χ2v) is 8.58. The van der Waals surface area contributed by atoms with Gasteiger partial charge in [-0.25, -0.2) is 4.79 Å². The van der Waals surface area contributed by atoms with Gasteiger partial charge in [0.2, 0.25) is 5.91 Å². The molecule has 9 heteroatoms. The number of thioether (sulfide) groups is 1. The molecular formula is C22H25N5O3S. The molecule has 0 saturated heterocycles. The quantitative estimate of drug-likeness (QED) is 0.544. The molecule has 2 aromatic heterocycles. The lowest BCUT2D eigenvalue weighted by atomic mass is 10.1. The molecule has 1 aliphatic rings. The van der Waals surface area contributed by atoms with Gasteiger partial charge in [0.15, 0.2) is 11.0 Å². The average Bonchev–Trinajstić information content (AvgIpc) is 3.49. The van der Waals surface area contributed by atoms with Crippen LogP contribution in [0.15, 0.2) is 52.2 Å². The summed E-state index contributed by atoms with van der Waals surface area (Å²) in [6, 6.07) is 11.4. The zero-order chi connectivity index (χ0) is 21.6. The molecule has 3 amide bonds. The Labute approximate surface area is 184 Å². The van der Waals surface area contributed by atoms with E-state index in [1.54, 1.807) is 6.26 Å². The van der Waals surface area contributed by atoms with E-state index in [9.17, 15) is 9.59 Å². The number of nitrogens with one attached hydrogen (secondary N) is 2. The van der Waals surface area contributed by atoms with Crippen molar-refractivity contribution in [2.24, 2.45) is 0 Å². The Morgan fingerprint density at radius 1 is 1.19 bits per heavy atom. The van der Waals surface area contributed by atoms with E-state index in [1.807, 2.05) is 47.9 Å². The first-order valence-corrected chi connectivity index (χ1v) is 11.3. The number of hydrogen-bond acceptors (Lipinski definition) is 6. The van der Waals surface area contributed by atoms with Crippen LogP contribution >= 0.6 is 11.8 Å². The van der Waals surface area contributed by atoms with Crippen LogP contribution in [-0.4, -0.2) is 38.5 Å². The minimum atomic E-state index is -0.435. The van der Waals surface area contributed by atoms with Crippen molar-refractivity contribution >= 4 is 23.7 Å². The minimum Gasteiger partial charge on any atom is -0.467 e. The average molecular weight is 440 g/mol. The van der Waals surface area contributed by atoms with Crippen LogP contribution in [0, 0.1) is 6.92 Å². The van der Waals surface area contributed by atoms with Crippen molar-refractivity contribution < 1.29 is 14.0 Å². The highest BCUT2D eigenvalue weighted by Gasteiger charge is 2.20. The molecule has 1 fully saturated rings. The molecule has 2 N–H and O–H groups in total. The molecule has 0 unspecified atom stereocenters. The van der Waals surface area contributed by atoms with Crippen molar-refractivity contribution in [3.8, 4) is 11.4 Å². The van der Waals surface area contributed by atoms with Crippen molar-refractivity contribution in [3.63, 3.8) is 0 Å². The highest BCUT2D eigenvalue weighted by molar-refractivity contribution is 7.99. The van der Waals surface area contributed by atoms with E-state index in [0.717, 1.165) is 42.6 Å². The van der Waals surface area contributed by atoms with Gasteiger partial charge in [0.05, 0.1) is 18.6 Å². The monoisotopic (exact) mass is 439 g/mol. The first-order chi connectivity index (χ1) is 15.1. The Bertz CT molecular complexity index is 1040. The van der Waals surface area contributed by atoms with Gasteiger partial charge in [0.25, 0.3) is 0 Å². The molecule has 2 heterocycles. The van der Waals surface area contributed by atoms with Gasteiger partial charge in [-0.3, -0.25) is 14.7 Å².